The van der Waals surface area contributed by atoms with Gasteiger partial charge in [0.25, 0.3) is 0 Å². The summed E-state index contributed by atoms with van der Waals surface area (Å²) in [5, 5.41) is 9.44. The van der Waals surface area contributed by atoms with E-state index < -0.39 is 0 Å². The minimum absolute atomic E-state index is 0.00198. The lowest BCUT2D eigenvalue weighted by Crippen LogP contribution is -2.37. The lowest BCUT2D eigenvalue weighted by atomic mass is 10.1. The Hall–Kier alpha value is -2.84. The minimum atomic E-state index is -0.00198. The second kappa shape index (κ2) is 8.03. The molecule has 26 heavy (non-hydrogen) atoms. The molecule has 0 atom stereocenters. The summed E-state index contributed by atoms with van der Waals surface area (Å²) in [5.41, 5.74) is 4.35. The summed E-state index contributed by atoms with van der Waals surface area (Å²) in [7, 11) is 1.95. The molecular weight excluding hydrogens is 326 g/mol. The largest absolute Gasteiger partial charge is 0.378 e. The average molecular weight is 349 g/mol. The molecule has 1 aliphatic heterocycles. The zero-order chi connectivity index (χ0) is 18.5. The molecular formula is C21H23N3O2. The molecule has 3 rings (SSSR count). The van der Waals surface area contributed by atoms with Gasteiger partial charge in [-0.05, 0) is 36.8 Å². The van der Waals surface area contributed by atoms with Crippen LogP contribution in [0.15, 0.2) is 42.5 Å². The molecule has 0 aromatic heterocycles. The Balaban J connectivity index is 1.89. The van der Waals surface area contributed by atoms with Crippen LogP contribution in [0.5, 0.6) is 0 Å². The van der Waals surface area contributed by atoms with Crippen LogP contribution < -0.4 is 9.80 Å². The molecule has 0 unspecified atom stereocenters. The second-order valence-electron chi connectivity index (χ2n) is 6.48. The van der Waals surface area contributed by atoms with Crippen LogP contribution in [0.3, 0.4) is 0 Å². The third-order valence-corrected chi connectivity index (χ3v) is 4.69. The van der Waals surface area contributed by atoms with Gasteiger partial charge in [-0.25, -0.2) is 0 Å². The highest BCUT2D eigenvalue weighted by molar-refractivity contribution is 5.95. The minimum Gasteiger partial charge on any atom is -0.378 e. The molecule has 1 aliphatic rings. The SMILES string of the molecule is CC(=O)c1ccc(C#N)c(N(C)Cc2ccccc2N2CCOCC2)c1. The number of morpholine rings is 1. The molecule has 134 valence electrons. The van der Waals surface area contributed by atoms with Gasteiger partial charge in [-0.2, -0.15) is 5.26 Å². The summed E-state index contributed by atoms with van der Waals surface area (Å²) in [4.78, 5) is 16.1. The van der Waals surface area contributed by atoms with E-state index in [0.717, 1.165) is 32.0 Å². The van der Waals surface area contributed by atoms with Crippen molar-refractivity contribution in [2.24, 2.45) is 0 Å². The van der Waals surface area contributed by atoms with Crippen molar-refractivity contribution in [3.8, 4) is 6.07 Å². The van der Waals surface area contributed by atoms with Gasteiger partial charge in [0.1, 0.15) is 6.07 Å². The van der Waals surface area contributed by atoms with Gasteiger partial charge in [-0.3, -0.25) is 4.79 Å². The Morgan fingerprint density at radius 1 is 1.23 bits per heavy atom. The number of carbonyl (C=O) groups excluding carboxylic acids is 1. The summed E-state index contributed by atoms with van der Waals surface area (Å²) in [6.07, 6.45) is 0. The molecule has 0 bridgehead atoms. The molecule has 0 aliphatic carbocycles. The van der Waals surface area contributed by atoms with Gasteiger partial charge in [0.15, 0.2) is 5.78 Å². The van der Waals surface area contributed by atoms with E-state index in [-0.39, 0.29) is 5.78 Å². The van der Waals surface area contributed by atoms with Crippen LogP contribution in [0, 0.1) is 11.3 Å². The van der Waals surface area contributed by atoms with Crippen LogP contribution >= 0.6 is 0 Å². The number of Topliss-reactive ketones (excluding diaryl/α,β-unsaturated/α-hetero) is 1. The number of nitrogens with zero attached hydrogens (tertiary/aromatic N) is 3. The van der Waals surface area contributed by atoms with E-state index in [1.165, 1.54) is 11.3 Å². The highest BCUT2D eigenvalue weighted by Crippen LogP contribution is 2.27. The fraction of sp³-hybridized carbons (Fsp3) is 0.333. The number of rotatable bonds is 5. The molecule has 0 amide bonds. The van der Waals surface area contributed by atoms with Gasteiger partial charge in [0.2, 0.25) is 0 Å². The normalized spacial score (nSPS) is 14.0. The predicted molar refractivity (Wildman–Crippen MR) is 103 cm³/mol. The first-order valence-electron chi connectivity index (χ1n) is 8.77. The smallest absolute Gasteiger partial charge is 0.159 e. The Morgan fingerprint density at radius 2 is 1.96 bits per heavy atom. The first-order chi connectivity index (χ1) is 12.6. The van der Waals surface area contributed by atoms with Crippen molar-refractivity contribution in [2.75, 3.05) is 43.2 Å². The molecule has 0 saturated carbocycles. The highest BCUT2D eigenvalue weighted by Gasteiger charge is 2.17. The van der Waals surface area contributed by atoms with E-state index in [4.69, 9.17) is 4.74 Å². The molecule has 5 nitrogen and oxygen atoms in total. The summed E-state index contributed by atoms with van der Waals surface area (Å²) in [6, 6.07) is 15.8. The summed E-state index contributed by atoms with van der Waals surface area (Å²) < 4.78 is 5.46. The Morgan fingerprint density at radius 3 is 2.65 bits per heavy atom. The number of hydrogen-bond acceptors (Lipinski definition) is 5. The third kappa shape index (κ3) is 3.87. The molecule has 0 radical (unpaired) electrons. The number of carbonyl (C=O) groups is 1. The van der Waals surface area contributed by atoms with E-state index in [1.807, 2.05) is 24.1 Å². The van der Waals surface area contributed by atoms with Crippen molar-refractivity contribution >= 4 is 17.2 Å². The summed E-state index contributed by atoms with van der Waals surface area (Å²) in [6.45, 7) is 5.43. The number of benzene rings is 2. The molecule has 1 fully saturated rings. The molecule has 1 heterocycles. The standard InChI is InChI=1S/C21H23N3O2/c1-16(25)17-7-8-18(14-22)21(13-17)23(2)15-19-5-3-4-6-20(19)24-9-11-26-12-10-24/h3-8,13H,9-12,15H2,1-2H3. The number of nitriles is 1. The van der Waals surface area contributed by atoms with Crippen molar-refractivity contribution in [3.05, 3.63) is 59.2 Å². The fourth-order valence-corrected chi connectivity index (χ4v) is 3.26. The number of para-hydroxylation sites is 1. The quantitative estimate of drug-likeness (QED) is 0.776. The highest BCUT2D eigenvalue weighted by atomic mass is 16.5. The van der Waals surface area contributed by atoms with E-state index in [2.05, 4.69) is 23.1 Å². The maximum Gasteiger partial charge on any atom is 0.159 e. The topological polar surface area (TPSA) is 56.6 Å². The van der Waals surface area contributed by atoms with E-state index >= 15 is 0 Å². The maximum absolute atomic E-state index is 11.7. The van der Waals surface area contributed by atoms with Crippen LogP contribution in [-0.2, 0) is 11.3 Å². The Bertz CT molecular complexity index is 835. The fourth-order valence-electron chi connectivity index (χ4n) is 3.26. The maximum atomic E-state index is 11.7. The first kappa shape index (κ1) is 18.0. The molecule has 2 aromatic carbocycles. The number of ketones is 1. The number of hydrogen-bond donors (Lipinski definition) is 0. The van der Waals surface area contributed by atoms with Gasteiger partial charge in [-0.1, -0.05) is 18.2 Å². The number of ether oxygens (including phenoxy) is 1. The van der Waals surface area contributed by atoms with Crippen molar-refractivity contribution in [1.29, 1.82) is 5.26 Å². The molecule has 0 N–H and O–H groups in total. The van der Waals surface area contributed by atoms with Gasteiger partial charge in [0, 0.05) is 37.9 Å². The van der Waals surface area contributed by atoms with Crippen LogP contribution in [-0.4, -0.2) is 39.1 Å². The van der Waals surface area contributed by atoms with Gasteiger partial charge >= 0.3 is 0 Å². The lowest BCUT2D eigenvalue weighted by molar-refractivity contribution is 0.101. The molecule has 0 spiro atoms. The first-order valence-corrected chi connectivity index (χ1v) is 8.77. The summed E-state index contributed by atoms with van der Waals surface area (Å²) >= 11 is 0. The van der Waals surface area contributed by atoms with E-state index in [1.54, 1.807) is 25.1 Å². The molecule has 5 heteroatoms. The zero-order valence-corrected chi connectivity index (χ0v) is 15.2. The average Bonchev–Trinajstić information content (AvgIpc) is 2.68. The van der Waals surface area contributed by atoms with Crippen molar-refractivity contribution < 1.29 is 9.53 Å². The van der Waals surface area contributed by atoms with Gasteiger partial charge in [0.05, 0.1) is 24.5 Å². The molecule has 1 saturated heterocycles. The molecule has 2 aromatic rings. The van der Waals surface area contributed by atoms with Gasteiger partial charge < -0.3 is 14.5 Å². The zero-order valence-electron chi connectivity index (χ0n) is 15.2. The van der Waals surface area contributed by atoms with E-state index in [0.29, 0.717) is 17.7 Å². The lowest BCUT2D eigenvalue weighted by Gasteiger charge is -2.32. The number of anilines is 2. The van der Waals surface area contributed by atoms with Gasteiger partial charge in [-0.15, -0.1) is 0 Å². The van der Waals surface area contributed by atoms with Crippen molar-refractivity contribution in [1.82, 2.24) is 0 Å². The van der Waals surface area contributed by atoms with Crippen molar-refractivity contribution in [2.45, 2.75) is 13.5 Å². The van der Waals surface area contributed by atoms with Crippen molar-refractivity contribution in [3.63, 3.8) is 0 Å². The Labute approximate surface area is 154 Å². The monoisotopic (exact) mass is 349 g/mol. The Kier molecular flexibility index (Phi) is 5.55. The third-order valence-electron chi connectivity index (χ3n) is 4.69. The second-order valence-corrected chi connectivity index (χ2v) is 6.48. The van der Waals surface area contributed by atoms with Crippen LogP contribution in [0.25, 0.3) is 0 Å². The summed E-state index contributed by atoms with van der Waals surface area (Å²) in [5.74, 6) is -0.00198. The van der Waals surface area contributed by atoms with Crippen LogP contribution in [0.2, 0.25) is 0 Å². The predicted octanol–water partition coefficient (Wildman–Crippen LogP) is 3.23. The van der Waals surface area contributed by atoms with E-state index in [9.17, 15) is 10.1 Å². The van der Waals surface area contributed by atoms with Crippen LogP contribution in [0.4, 0.5) is 11.4 Å². The van der Waals surface area contributed by atoms with Crippen LogP contribution in [0.1, 0.15) is 28.4 Å².